The van der Waals surface area contributed by atoms with Gasteiger partial charge in [0.25, 0.3) is 5.91 Å². The number of hydrogen-bond acceptors (Lipinski definition) is 6. The van der Waals surface area contributed by atoms with E-state index >= 15 is 0 Å². The highest BCUT2D eigenvalue weighted by Crippen LogP contribution is 2.15. The second-order valence-corrected chi connectivity index (χ2v) is 7.07. The predicted octanol–water partition coefficient (Wildman–Crippen LogP) is 0.460. The molecule has 2 amide bonds. The van der Waals surface area contributed by atoms with Crippen molar-refractivity contribution in [2.45, 2.75) is 20.4 Å². The van der Waals surface area contributed by atoms with Gasteiger partial charge >= 0.3 is 0 Å². The van der Waals surface area contributed by atoms with Crippen LogP contribution in [0, 0.1) is 13.8 Å². The molecule has 0 aliphatic carbocycles. The largest absolute Gasteiger partial charge is 0.338 e. The molecule has 0 radical (unpaired) electrons. The summed E-state index contributed by atoms with van der Waals surface area (Å²) in [5, 5.41) is 15.2. The summed E-state index contributed by atoms with van der Waals surface area (Å²) in [5.74, 6) is -0.0869. The van der Waals surface area contributed by atoms with Gasteiger partial charge in [0, 0.05) is 37.4 Å². The van der Waals surface area contributed by atoms with Gasteiger partial charge in [-0.2, -0.15) is 5.10 Å². The van der Waals surface area contributed by atoms with Crippen molar-refractivity contribution in [1.29, 1.82) is 0 Å². The fourth-order valence-corrected chi connectivity index (χ4v) is 3.47. The van der Waals surface area contributed by atoms with Crippen molar-refractivity contribution in [2.24, 2.45) is 0 Å². The van der Waals surface area contributed by atoms with Gasteiger partial charge in [0.15, 0.2) is 0 Å². The van der Waals surface area contributed by atoms with Crippen molar-refractivity contribution in [3.63, 3.8) is 0 Å². The smallest absolute Gasteiger partial charge is 0.253 e. The second-order valence-electron chi connectivity index (χ2n) is 7.07. The van der Waals surface area contributed by atoms with Crippen LogP contribution in [0.2, 0.25) is 0 Å². The summed E-state index contributed by atoms with van der Waals surface area (Å²) in [4.78, 5) is 28.6. The van der Waals surface area contributed by atoms with Crippen LogP contribution in [0.4, 0.5) is 0 Å². The van der Waals surface area contributed by atoms with E-state index in [0.29, 0.717) is 31.7 Å². The van der Waals surface area contributed by atoms with E-state index in [1.54, 1.807) is 9.80 Å². The molecular formula is C19H22N8O2. The van der Waals surface area contributed by atoms with E-state index < -0.39 is 0 Å². The molecule has 3 aromatic rings. The quantitative estimate of drug-likeness (QED) is 0.637. The lowest BCUT2D eigenvalue weighted by Gasteiger charge is -2.34. The monoisotopic (exact) mass is 394 g/mol. The third-order valence-electron chi connectivity index (χ3n) is 4.98. The van der Waals surface area contributed by atoms with Gasteiger partial charge in [-0.15, -0.1) is 5.10 Å². The Morgan fingerprint density at radius 1 is 1.00 bits per heavy atom. The van der Waals surface area contributed by atoms with Crippen molar-refractivity contribution in [3.8, 4) is 5.69 Å². The number of tetrazole rings is 1. The first-order chi connectivity index (χ1) is 14.0. The zero-order chi connectivity index (χ0) is 20.4. The van der Waals surface area contributed by atoms with Gasteiger partial charge in [-0.05, 0) is 54.6 Å². The number of rotatable bonds is 4. The van der Waals surface area contributed by atoms with Crippen LogP contribution in [0.1, 0.15) is 21.7 Å². The van der Waals surface area contributed by atoms with Crippen LogP contribution in [0.25, 0.3) is 5.69 Å². The normalized spacial score (nSPS) is 14.3. The lowest BCUT2D eigenvalue weighted by atomic mass is 10.1. The molecule has 1 fully saturated rings. The second kappa shape index (κ2) is 7.82. The molecule has 3 heterocycles. The third-order valence-corrected chi connectivity index (χ3v) is 4.98. The SMILES string of the molecule is Cc1cc(C)n(-c2ccc(C(=O)N3CCN(C(=O)Cn4cnnn4)CC3)cc2)n1. The molecule has 1 aliphatic rings. The summed E-state index contributed by atoms with van der Waals surface area (Å²) in [6.07, 6.45) is 1.41. The van der Waals surface area contributed by atoms with Gasteiger partial charge in [-0.3, -0.25) is 9.59 Å². The third kappa shape index (κ3) is 4.00. The molecular weight excluding hydrogens is 372 g/mol. The first kappa shape index (κ1) is 18.8. The topological polar surface area (TPSA) is 102 Å². The maximum atomic E-state index is 12.8. The molecule has 10 heteroatoms. The zero-order valence-corrected chi connectivity index (χ0v) is 16.4. The Kier molecular flexibility index (Phi) is 5.07. The number of aromatic nitrogens is 6. The van der Waals surface area contributed by atoms with E-state index in [-0.39, 0.29) is 18.4 Å². The molecule has 1 aliphatic heterocycles. The summed E-state index contributed by atoms with van der Waals surface area (Å²) in [6, 6.07) is 9.46. The Morgan fingerprint density at radius 2 is 1.69 bits per heavy atom. The first-order valence-electron chi connectivity index (χ1n) is 9.43. The minimum Gasteiger partial charge on any atom is -0.338 e. The van der Waals surface area contributed by atoms with E-state index in [1.165, 1.54) is 11.0 Å². The Bertz CT molecular complexity index is 1000. The fourth-order valence-electron chi connectivity index (χ4n) is 3.47. The highest BCUT2D eigenvalue weighted by molar-refractivity contribution is 5.94. The predicted molar refractivity (Wildman–Crippen MR) is 103 cm³/mol. The lowest BCUT2D eigenvalue weighted by molar-refractivity contribution is -0.133. The summed E-state index contributed by atoms with van der Waals surface area (Å²) in [6.45, 7) is 6.05. The first-order valence-corrected chi connectivity index (χ1v) is 9.43. The number of hydrogen-bond donors (Lipinski definition) is 0. The number of aryl methyl sites for hydroxylation is 2. The van der Waals surface area contributed by atoms with E-state index in [9.17, 15) is 9.59 Å². The molecule has 2 aromatic heterocycles. The van der Waals surface area contributed by atoms with Crippen LogP contribution in [0.15, 0.2) is 36.7 Å². The summed E-state index contributed by atoms with van der Waals surface area (Å²) >= 11 is 0. The summed E-state index contributed by atoms with van der Waals surface area (Å²) in [7, 11) is 0. The van der Waals surface area contributed by atoms with Gasteiger partial charge in [0.1, 0.15) is 12.9 Å². The van der Waals surface area contributed by atoms with Crippen LogP contribution in [-0.4, -0.2) is 77.8 Å². The molecule has 29 heavy (non-hydrogen) atoms. The van der Waals surface area contributed by atoms with Crippen LogP contribution >= 0.6 is 0 Å². The van der Waals surface area contributed by atoms with Crippen LogP contribution in [0.5, 0.6) is 0 Å². The Labute approximate surface area is 167 Å². The van der Waals surface area contributed by atoms with Crippen molar-refractivity contribution in [2.75, 3.05) is 26.2 Å². The Morgan fingerprint density at radius 3 is 2.28 bits per heavy atom. The van der Waals surface area contributed by atoms with E-state index in [0.717, 1.165) is 17.1 Å². The van der Waals surface area contributed by atoms with Gasteiger partial charge < -0.3 is 9.80 Å². The van der Waals surface area contributed by atoms with Crippen LogP contribution < -0.4 is 0 Å². The van der Waals surface area contributed by atoms with E-state index in [1.807, 2.05) is 48.9 Å². The Balaban J connectivity index is 1.36. The van der Waals surface area contributed by atoms with Crippen molar-refractivity contribution in [3.05, 3.63) is 53.6 Å². The number of carbonyl (C=O) groups excluding carboxylic acids is 2. The molecule has 0 spiro atoms. The molecule has 1 aromatic carbocycles. The van der Waals surface area contributed by atoms with Crippen molar-refractivity contribution in [1.82, 2.24) is 39.8 Å². The van der Waals surface area contributed by atoms with Crippen molar-refractivity contribution >= 4 is 11.8 Å². The number of amides is 2. The fraction of sp³-hybridized carbons (Fsp3) is 0.368. The lowest BCUT2D eigenvalue weighted by Crippen LogP contribution is -2.51. The highest BCUT2D eigenvalue weighted by Gasteiger charge is 2.25. The molecule has 0 bridgehead atoms. The van der Waals surface area contributed by atoms with Gasteiger partial charge in [-0.1, -0.05) is 0 Å². The number of nitrogens with zero attached hydrogens (tertiary/aromatic N) is 8. The van der Waals surface area contributed by atoms with Crippen LogP contribution in [-0.2, 0) is 11.3 Å². The molecule has 10 nitrogen and oxygen atoms in total. The van der Waals surface area contributed by atoms with E-state index in [4.69, 9.17) is 0 Å². The zero-order valence-electron chi connectivity index (χ0n) is 16.4. The average molecular weight is 394 g/mol. The molecule has 0 saturated carbocycles. The number of carbonyl (C=O) groups is 2. The van der Waals surface area contributed by atoms with E-state index in [2.05, 4.69) is 20.6 Å². The van der Waals surface area contributed by atoms with Gasteiger partial charge in [0.05, 0.1) is 11.4 Å². The molecule has 1 saturated heterocycles. The molecule has 150 valence electrons. The molecule has 0 atom stereocenters. The minimum absolute atomic E-state index is 0.0301. The molecule has 0 unspecified atom stereocenters. The maximum Gasteiger partial charge on any atom is 0.253 e. The summed E-state index contributed by atoms with van der Waals surface area (Å²) in [5.41, 5.74) is 3.55. The number of benzene rings is 1. The van der Waals surface area contributed by atoms with Crippen molar-refractivity contribution < 1.29 is 9.59 Å². The average Bonchev–Trinajstić information content (AvgIpc) is 3.36. The van der Waals surface area contributed by atoms with Gasteiger partial charge in [-0.25, -0.2) is 9.36 Å². The maximum absolute atomic E-state index is 12.8. The molecule has 0 N–H and O–H groups in total. The van der Waals surface area contributed by atoms with Crippen LogP contribution in [0.3, 0.4) is 0 Å². The van der Waals surface area contributed by atoms with Gasteiger partial charge in [0.2, 0.25) is 5.91 Å². The summed E-state index contributed by atoms with van der Waals surface area (Å²) < 4.78 is 3.25. The Hall–Kier alpha value is -3.56. The standard InChI is InChI=1S/C19H22N8O2/c1-14-11-15(2)27(21-14)17-5-3-16(4-6-17)19(29)25-9-7-24(8-10-25)18(28)12-26-13-20-22-23-26/h3-6,11,13H,7-10,12H2,1-2H3. The highest BCUT2D eigenvalue weighted by atomic mass is 16.2. The number of piperazine rings is 1. The molecule has 4 rings (SSSR count). The minimum atomic E-state index is -0.0568.